The van der Waals surface area contributed by atoms with Crippen molar-refractivity contribution in [1.29, 1.82) is 0 Å². The number of fused-ring (bicyclic) bond motifs is 1. The van der Waals surface area contributed by atoms with Crippen molar-refractivity contribution in [2.24, 2.45) is 0 Å². The van der Waals surface area contributed by atoms with Crippen LogP contribution in [0.1, 0.15) is 16.7 Å². The van der Waals surface area contributed by atoms with Gasteiger partial charge in [0.1, 0.15) is 6.61 Å². The van der Waals surface area contributed by atoms with Crippen molar-refractivity contribution in [1.82, 2.24) is 0 Å². The number of aryl methyl sites for hydroxylation is 1. The van der Waals surface area contributed by atoms with Crippen molar-refractivity contribution in [2.45, 2.75) is 20.0 Å². The number of rotatable bonds is 4. The maximum atomic E-state index is 11.9. The SMILES string of the molecule is Cc1cccc(CC(=O)OCc2cc(Cl)c3c(c2)OCO3)c1. The number of esters is 1. The van der Waals surface area contributed by atoms with Gasteiger partial charge in [-0.3, -0.25) is 4.79 Å². The summed E-state index contributed by atoms with van der Waals surface area (Å²) >= 11 is 6.09. The number of carbonyl (C=O) groups excluding carboxylic acids is 1. The highest BCUT2D eigenvalue weighted by atomic mass is 35.5. The molecule has 0 unspecified atom stereocenters. The number of hydrogen-bond donors (Lipinski definition) is 0. The maximum absolute atomic E-state index is 11.9. The molecular weight excluding hydrogens is 304 g/mol. The Balaban J connectivity index is 1.60. The van der Waals surface area contributed by atoms with Crippen molar-refractivity contribution in [2.75, 3.05) is 6.79 Å². The highest BCUT2D eigenvalue weighted by Gasteiger charge is 2.18. The van der Waals surface area contributed by atoms with Crippen LogP contribution in [0, 0.1) is 6.92 Å². The molecule has 0 fully saturated rings. The van der Waals surface area contributed by atoms with E-state index in [2.05, 4.69) is 0 Å². The number of hydrogen-bond acceptors (Lipinski definition) is 4. The van der Waals surface area contributed by atoms with Gasteiger partial charge >= 0.3 is 5.97 Å². The third kappa shape index (κ3) is 3.34. The second kappa shape index (κ2) is 6.28. The summed E-state index contributed by atoms with van der Waals surface area (Å²) in [4.78, 5) is 11.9. The van der Waals surface area contributed by atoms with Crippen LogP contribution >= 0.6 is 11.6 Å². The van der Waals surface area contributed by atoms with Gasteiger partial charge < -0.3 is 14.2 Å². The van der Waals surface area contributed by atoms with Crippen LogP contribution in [0.2, 0.25) is 5.02 Å². The molecule has 4 nitrogen and oxygen atoms in total. The average Bonchev–Trinajstić information content (AvgIpc) is 2.94. The second-order valence-electron chi connectivity index (χ2n) is 5.14. The van der Waals surface area contributed by atoms with E-state index >= 15 is 0 Å². The molecule has 0 bridgehead atoms. The first kappa shape index (κ1) is 14.7. The van der Waals surface area contributed by atoms with Gasteiger partial charge in [0.15, 0.2) is 11.5 Å². The van der Waals surface area contributed by atoms with Gasteiger partial charge in [-0.1, -0.05) is 41.4 Å². The fraction of sp³-hybridized carbons (Fsp3) is 0.235. The van der Waals surface area contributed by atoms with E-state index in [1.54, 1.807) is 12.1 Å². The number of carbonyl (C=O) groups is 1. The molecule has 0 N–H and O–H groups in total. The van der Waals surface area contributed by atoms with Crippen LogP contribution < -0.4 is 9.47 Å². The lowest BCUT2D eigenvalue weighted by atomic mass is 10.1. The monoisotopic (exact) mass is 318 g/mol. The van der Waals surface area contributed by atoms with E-state index in [4.69, 9.17) is 25.8 Å². The van der Waals surface area contributed by atoms with E-state index < -0.39 is 0 Å². The molecule has 3 rings (SSSR count). The van der Waals surface area contributed by atoms with Crippen LogP contribution in [0.5, 0.6) is 11.5 Å². The summed E-state index contributed by atoms with van der Waals surface area (Å²) < 4.78 is 15.8. The molecule has 1 aliphatic rings. The Hall–Kier alpha value is -2.20. The molecule has 0 amide bonds. The Morgan fingerprint density at radius 1 is 1.23 bits per heavy atom. The van der Waals surface area contributed by atoms with Crippen LogP contribution in [-0.2, 0) is 22.6 Å². The summed E-state index contributed by atoms with van der Waals surface area (Å²) in [7, 11) is 0. The minimum Gasteiger partial charge on any atom is -0.461 e. The summed E-state index contributed by atoms with van der Waals surface area (Å²) in [6.07, 6.45) is 0.250. The average molecular weight is 319 g/mol. The number of benzene rings is 2. The van der Waals surface area contributed by atoms with Gasteiger partial charge in [0.25, 0.3) is 0 Å². The maximum Gasteiger partial charge on any atom is 0.310 e. The summed E-state index contributed by atoms with van der Waals surface area (Å²) in [6, 6.07) is 11.3. The standard InChI is InChI=1S/C17H15ClO4/c1-11-3-2-4-12(5-11)8-16(19)20-9-13-6-14(18)17-15(7-13)21-10-22-17/h2-7H,8-10H2,1H3. The minimum atomic E-state index is -0.278. The quantitative estimate of drug-likeness (QED) is 0.807. The Kier molecular flexibility index (Phi) is 4.20. The van der Waals surface area contributed by atoms with E-state index in [9.17, 15) is 4.79 Å². The van der Waals surface area contributed by atoms with Crippen LogP contribution in [-0.4, -0.2) is 12.8 Å². The number of halogens is 1. The lowest BCUT2D eigenvalue weighted by Crippen LogP contribution is -2.08. The molecule has 0 spiro atoms. The largest absolute Gasteiger partial charge is 0.461 e. The van der Waals surface area contributed by atoms with Gasteiger partial charge in [0.05, 0.1) is 11.4 Å². The summed E-state index contributed by atoms with van der Waals surface area (Å²) in [5.74, 6) is 0.841. The van der Waals surface area contributed by atoms with Gasteiger partial charge in [0, 0.05) is 0 Å². The van der Waals surface area contributed by atoms with Gasteiger partial charge in [-0.05, 0) is 30.2 Å². The lowest BCUT2D eigenvalue weighted by Gasteiger charge is -2.07. The van der Waals surface area contributed by atoms with E-state index in [0.717, 1.165) is 16.7 Å². The molecule has 0 saturated heterocycles. The minimum absolute atomic E-state index is 0.154. The van der Waals surface area contributed by atoms with E-state index in [1.165, 1.54) is 0 Å². The van der Waals surface area contributed by atoms with Gasteiger partial charge in [0.2, 0.25) is 6.79 Å². The molecule has 1 aliphatic heterocycles. The van der Waals surface area contributed by atoms with Gasteiger partial charge in [-0.15, -0.1) is 0 Å². The summed E-state index contributed by atoms with van der Waals surface area (Å²) in [6.45, 7) is 2.30. The highest BCUT2D eigenvalue weighted by molar-refractivity contribution is 6.32. The van der Waals surface area contributed by atoms with Crippen LogP contribution in [0.4, 0.5) is 0 Å². The van der Waals surface area contributed by atoms with Crippen molar-refractivity contribution < 1.29 is 19.0 Å². The predicted molar refractivity (Wildman–Crippen MR) is 82.3 cm³/mol. The topological polar surface area (TPSA) is 44.8 Å². The van der Waals surface area contributed by atoms with E-state index in [-0.39, 0.29) is 25.8 Å². The predicted octanol–water partition coefficient (Wildman–Crippen LogP) is 3.66. The van der Waals surface area contributed by atoms with Crippen molar-refractivity contribution in [3.8, 4) is 11.5 Å². The fourth-order valence-electron chi connectivity index (χ4n) is 2.31. The summed E-state index contributed by atoms with van der Waals surface area (Å²) in [5, 5.41) is 0.458. The molecule has 114 valence electrons. The fourth-order valence-corrected chi connectivity index (χ4v) is 2.60. The zero-order valence-corrected chi connectivity index (χ0v) is 12.9. The van der Waals surface area contributed by atoms with Crippen molar-refractivity contribution in [3.63, 3.8) is 0 Å². The van der Waals surface area contributed by atoms with E-state index in [0.29, 0.717) is 16.5 Å². The third-order valence-corrected chi connectivity index (χ3v) is 3.60. The first-order chi connectivity index (χ1) is 10.6. The Morgan fingerprint density at radius 2 is 2.09 bits per heavy atom. The van der Waals surface area contributed by atoms with E-state index in [1.807, 2.05) is 31.2 Å². The third-order valence-electron chi connectivity index (χ3n) is 3.32. The van der Waals surface area contributed by atoms with Crippen molar-refractivity contribution in [3.05, 3.63) is 58.1 Å². The molecule has 5 heteroatoms. The Bertz CT molecular complexity index is 712. The molecule has 2 aromatic carbocycles. The molecule has 22 heavy (non-hydrogen) atoms. The van der Waals surface area contributed by atoms with Crippen LogP contribution in [0.25, 0.3) is 0 Å². The van der Waals surface area contributed by atoms with Crippen LogP contribution in [0.3, 0.4) is 0 Å². The molecule has 0 atom stereocenters. The zero-order valence-electron chi connectivity index (χ0n) is 12.1. The van der Waals surface area contributed by atoms with Gasteiger partial charge in [-0.25, -0.2) is 0 Å². The normalized spacial score (nSPS) is 12.3. The first-order valence-electron chi connectivity index (χ1n) is 6.91. The second-order valence-corrected chi connectivity index (χ2v) is 5.55. The molecule has 0 radical (unpaired) electrons. The van der Waals surface area contributed by atoms with Crippen LogP contribution in [0.15, 0.2) is 36.4 Å². The molecular formula is C17H15ClO4. The summed E-state index contributed by atoms with van der Waals surface area (Å²) in [5.41, 5.74) is 2.83. The molecule has 2 aromatic rings. The molecule has 0 aliphatic carbocycles. The lowest BCUT2D eigenvalue weighted by molar-refractivity contribution is -0.144. The van der Waals surface area contributed by atoms with Crippen molar-refractivity contribution >= 4 is 17.6 Å². The zero-order chi connectivity index (χ0) is 15.5. The van der Waals surface area contributed by atoms with Gasteiger partial charge in [-0.2, -0.15) is 0 Å². The Morgan fingerprint density at radius 3 is 2.91 bits per heavy atom. The number of ether oxygens (including phenoxy) is 3. The highest BCUT2D eigenvalue weighted by Crippen LogP contribution is 2.39. The smallest absolute Gasteiger partial charge is 0.310 e. The molecule has 1 heterocycles. The Labute approximate surface area is 133 Å². The molecule has 0 saturated carbocycles. The first-order valence-corrected chi connectivity index (χ1v) is 7.29. The molecule has 0 aromatic heterocycles.